The number of esters is 1. The number of hydrogen-bond donors (Lipinski definition) is 0. The molecule has 0 radical (unpaired) electrons. The number of allylic oxidation sites excluding steroid dienone is 1. The zero-order valence-corrected chi connectivity index (χ0v) is 8.22. The molecule has 0 saturated carbocycles. The zero-order valence-electron chi connectivity index (χ0n) is 8.22. The Morgan fingerprint density at radius 1 is 1.67 bits per heavy atom. The van der Waals surface area contributed by atoms with Crippen molar-refractivity contribution in [2.24, 2.45) is 5.41 Å². The molecule has 0 aliphatic carbocycles. The molecule has 2 nitrogen and oxygen atoms in total. The van der Waals surface area contributed by atoms with Gasteiger partial charge in [0.05, 0.1) is 6.61 Å². The number of ether oxygens (including phenoxy) is 1. The predicted octanol–water partition coefficient (Wildman–Crippen LogP) is 2.54. The molecule has 0 bridgehead atoms. The molecule has 0 unspecified atom stereocenters. The Labute approximate surface area is 74.6 Å². The van der Waals surface area contributed by atoms with Crippen LogP contribution >= 0.6 is 0 Å². The van der Waals surface area contributed by atoms with Gasteiger partial charge in [-0.15, -0.1) is 6.58 Å². The average molecular weight is 170 g/mol. The minimum Gasteiger partial charge on any atom is -0.465 e. The molecule has 0 N–H and O–H groups in total. The summed E-state index contributed by atoms with van der Waals surface area (Å²) in [4.78, 5) is 10.6. The molecule has 0 rings (SSSR count). The van der Waals surface area contributed by atoms with E-state index in [1.165, 1.54) is 6.92 Å². The van der Waals surface area contributed by atoms with E-state index in [0.717, 1.165) is 12.8 Å². The monoisotopic (exact) mass is 170 g/mol. The third kappa shape index (κ3) is 4.16. The van der Waals surface area contributed by atoms with Crippen LogP contribution in [-0.4, -0.2) is 12.6 Å². The lowest BCUT2D eigenvalue weighted by atomic mass is 9.85. The summed E-state index contributed by atoms with van der Waals surface area (Å²) in [6.07, 6.45) is 3.75. The summed E-state index contributed by atoms with van der Waals surface area (Å²) >= 11 is 0. The zero-order chi connectivity index (χ0) is 9.61. The SMILES string of the molecule is C=CC[C@@](C)(CC)COC(C)=O. The third-order valence-electron chi connectivity index (χ3n) is 2.11. The highest BCUT2D eigenvalue weighted by Crippen LogP contribution is 2.26. The van der Waals surface area contributed by atoms with E-state index in [4.69, 9.17) is 4.74 Å². The molecule has 0 heterocycles. The van der Waals surface area contributed by atoms with Gasteiger partial charge in [-0.2, -0.15) is 0 Å². The van der Waals surface area contributed by atoms with Crippen molar-refractivity contribution in [3.05, 3.63) is 12.7 Å². The van der Waals surface area contributed by atoms with Crippen LogP contribution in [0.3, 0.4) is 0 Å². The van der Waals surface area contributed by atoms with Crippen molar-refractivity contribution in [2.75, 3.05) is 6.61 Å². The summed E-state index contributed by atoms with van der Waals surface area (Å²) in [5.74, 6) is -0.210. The van der Waals surface area contributed by atoms with Gasteiger partial charge in [-0.25, -0.2) is 0 Å². The normalized spacial score (nSPS) is 14.9. The first-order valence-electron chi connectivity index (χ1n) is 4.28. The van der Waals surface area contributed by atoms with Gasteiger partial charge in [-0.3, -0.25) is 4.79 Å². The van der Waals surface area contributed by atoms with Crippen LogP contribution in [-0.2, 0) is 9.53 Å². The third-order valence-corrected chi connectivity index (χ3v) is 2.11. The minimum atomic E-state index is -0.210. The van der Waals surface area contributed by atoms with E-state index in [0.29, 0.717) is 6.61 Å². The second kappa shape index (κ2) is 4.96. The van der Waals surface area contributed by atoms with Crippen molar-refractivity contribution in [2.45, 2.75) is 33.6 Å². The van der Waals surface area contributed by atoms with Gasteiger partial charge in [0.25, 0.3) is 0 Å². The van der Waals surface area contributed by atoms with Gasteiger partial charge in [0.2, 0.25) is 0 Å². The molecular formula is C10H18O2. The summed E-state index contributed by atoms with van der Waals surface area (Å²) in [6, 6.07) is 0. The van der Waals surface area contributed by atoms with E-state index in [9.17, 15) is 4.79 Å². The molecule has 0 aliphatic rings. The van der Waals surface area contributed by atoms with E-state index in [-0.39, 0.29) is 11.4 Å². The summed E-state index contributed by atoms with van der Waals surface area (Å²) in [7, 11) is 0. The van der Waals surface area contributed by atoms with Gasteiger partial charge < -0.3 is 4.74 Å². The largest absolute Gasteiger partial charge is 0.465 e. The lowest BCUT2D eigenvalue weighted by Crippen LogP contribution is -2.23. The number of carbonyl (C=O) groups excluding carboxylic acids is 1. The Kier molecular flexibility index (Phi) is 4.64. The maximum absolute atomic E-state index is 10.6. The quantitative estimate of drug-likeness (QED) is 0.468. The van der Waals surface area contributed by atoms with Crippen molar-refractivity contribution in [1.82, 2.24) is 0 Å². The molecule has 0 fully saturated rings. The van der Waals surface area contributed by atoms with Gasteiger partial charge in [0.1, 0.15) is 0 Å². The molecular weight excluding hydrogens is 152 g/mol. The van der Waals surface area contributed by atoms with E-state index in [1.807, 2.05) is 6.08 Å². The molecule has 70 valence electrons. The fourth-order valence-electron chi connectivity index (χ4n) is 0.930. The molecule has 0 aromatic carbocycles. The lowest BCUT2D eigenvalue weighted by molar-refractivity contribution is -0.144. The van der Waals surface area contributed by atoms with Gasteiger partial charge >= 0.3 is 5.97 Å². The molecule has 2 heteroatoms. The first-order chi connectivity index (χ1) is 5.54. The van der Waals surface area contributed by atoms with Crippen LogP contribution in [0, 0.1) is 5.41 Å². The molecule has 0 spiro atoms. The van der Waals surface area contributed by atoms with Crippen LogP contribution in [0.15, 0.2) is 12.7 Å². The van der Waals surface area contributed by atoms with Crippen LogP contribution < -0.4 is 0 Å². The van der Waals surface area contributed by atoms with Crippen LogP contribution in [0.25, 0.3) is 0 Å². The van der Waals surface area contributed by atoms with Gasteiger partial charge in [0.15, 0.2) is 0 Å². The summed E-state index contributed by atoms with van der Waals surface area (Å²) in [5, 5.41) is 0. The number of rotatable bonds is 5. The maximum atomic E-state index is 10.6. The highest BCUT2D eigenvalue weighted by atomic mass is 16.5. The molecule has 0 aromatic heterocycles. The smallest absolute Gasteiger partial charge is 0.302 e. The number of hydrogen-bond acceptors (Lipinski definition) is 2. The van der Waals surface area contributed by atoms with Crippen molar-refractivity contribution in [3.63, 3.8) is 0 Å². The molecule has 0 saturated heterocycles. The number of carbonyl (C=O) groups is 1. The van der Waals surface area contributed by atoms with Crippen molar-refractivity contribution < 1.29 is 9.53 Å². The van der Waals surface area contributed by atoms with E-state index in [1.54, 1.807) is 0 Å². The topological polar surface area (TPSA) is 26.3 Å². The Balaban J connectivity index is 3.94. The summed E-state index contributed by atoms with van der Waals surface area (Å²) < 4.78 is 4.96. The van der Waals surface area contributed by atoms with Crippen LogP contribution in [0.4, 0.5) is 0 Å². The molecule has 0 amide bonds. The Morgan fingerprint density at radius 2 is 2.25 bits per heavy atom. The van der Waals surface area contributed by atoms with Crippen molar-refractivity contribution in [3.8, 4) is 0 Å². The maximum Gasteiger partial charge on any atom is 0.302 e. The predicted molar refractivity (Wildman–Crippen MR) is 49.8 cm³/mol. The average Bonchev–Trinajstić information content (AvgIpc) is 2.02. The van der Waals surface area contributed by atoms with Crippen molar-refractivity contribution in [1.29, 1.82) is 0 Å². The molecule has 0 aliphatic heterocycles. The first-order valence-corrected chi connectivity index (χ1v) is 4.28. The highest BCUT2D eigenvalue weighted by Gasteiger charge is 2.21. The molecule has 12 heavy (non-hydrogen) atoms. The fourth-order valence-corrected chi connectivity index (χ4v) is 0.930. The molecule has 1 atom stereocenters. The Bertz CT molecular complexity index is 163. The summed E-state index contributed by atoms with van der Waals surface area (Å²) in [6.45, 7) is 9.79. The van der Waals surface area contributed by atoms with Gasteiger partial charge in [-0.1, -0.05) is 19.9 Å². The van der Waals surface area contributed by atoms with Gasteiger partial charge in [0, 0.05) is 12.3 Å². The van der Waals surface area contributed by atoms with E-state index < -0.39 is 0 Å². The first kappa shape index (κ1) is 11.2. The minimum absolute atomic E-state index is 0.0629. The van der Waals surface area contributed by atoms with Gasteiger partial charge in [-0.05, 0) is 12.8 Å². The van der Waals surface area contributed by atoms with Crippen molar-refractivity contribution >= 4 is 5.97 Å². The second-order valence-corrected chi connectivity index (χ2v) is 3.44. The van der Waals surface area contributed by atoms with Crippen LogP contribution in [0.2, 0.25) is 0 Å². The van der Waals surface area contributed by atoms with E-state index in [2.05, 4.69) is 20.4 Å². The fraction of sp³-hybridized carbons (Fsp3) is 0.700. The van der Waals surface area contributed by atoms with Crippen LogP contribution in [0.5, 0.6) is 0 Å². The van der Waals surface area contributed by atoms with E-state index >= 15 is 0 Å². The van der Waals surface area contributed by atoms with Crippen LogP contribution in [0.1, 0.15) is 33.6 Å². The standard InChI is InChI=1S/C10H18O2/c1-5-7-10(4,6-2)8-12-9(3)11/h5H,1,6-8H2,2-4H3/t10-/m1/s1. The Hall–Kier alpha value is -0.790. The highest BCUT2D eigenvalue weighted by molar-refractivity contribution is 5.65. The second-order valence-electron chi connectivity index (χ2n) is 3.44. The summed E-state index contributed by atoms with van der Waals surface area (Å²) in [5.41, 5.74) is 0.0629. The Morgan fingerprint density at radius 3 is 2.58 bits per heavy atom. The molecule has 0 aromatic rings. The lowest BCUT2D eigenvalue weighted by Gasteiger charge is -2.25.